The number of esters is 3. The Balaban J connectivity index is 3.99. The van der Waals surface area contributed by atoms with Crippen LogP contribution in [-0.2, 0) is 28.6 Å². The van der Waals surface area contributed by atoms with Crippen LogP contribution in [0.15, 0.2) is 97.2 Å². The van der Waals surface area contributed by atoms with E-state index in [-0.39, 0.29) is 31.1 Å². The van der Waals surface area contributed by atoms with E-state index >= 15 is 0 Å². The van der Waals surface area contributed by atoms with Crippen molar-refractivity contribution in [1.29, 1.82) is 0 Å². The molecule has 0 heterocycles. The molecule has 1 atom stereocenters. The maximum absolute atomic E-state index is 12.8. The average molecular weight is 1000 g/mol. The van der Waals surface area contributed by atoms with Crippen LogP contribution >= 0.6 is 0 Å². The molecule has 0 aliphatic rings. The van der Waals surface area contributed by atoms with Crippen molar-refractivity contribution in [2.24, 2.45) is 0 Å². The van der Waals surface area contributed by atoms with Gasteiger partial charge in [0.05, 0.1) is 0 Å². The van der Waals surface area contributed by atoms with Gasteiger partial charge in [-0.2, -0.15) is 0 Å². The van der Waals surface area contributed by atoms with Gasteiger partial charge in [0.2, 0.25) is 0 Å². The Morgan fingerprint density at radius 1 is 0.292 bits per heavy atom. The lowest BCUT2D eigenvalue weighted by Gasteiger charge is -2.18. The first-order valence-corrected chi connectivity index (χ1v) is 30.2. The van der Waals surface area contributed by atoms with Crippen molar-refractivity contribution in [3.05, 3.63) is 97.2 Å². The molecule has 412 valence electrons. The molecule has 0 amide bonds. The van der Waals surface area contributed by atoms with Crippen molar-refractivity contribution in [3.8, 4) is 0 Å². The quantitative estimate of drug-likeness (QED) is 0.0261. The van der Waals surface area contributed by atoms with E-state index in [9.17, 15) is 14.4 Å². The third-order valence-electron chi connectivity index (χ3n) is 12.8. The summed E-state index contributed by atoms with van der Waals surface area (Å²) >= 11 is 0. The van der Waals surface area contributed by atoms with Crippen LogP contribution in [0.3, 0.4) is 0 Å². The van der Waals surface area contributed by atoms with Crippen molar-refractivity contribution in [1.82, 2.24) is 0 Å². The van der Waals surface area contributed by atoms with Gasteiger partial charge < -0.3 is 14.2 Å². The minimum absolute atomic E-state index is 0.0784. The van der Waals surface area contributed by atoms with Crippen molar-refractivity contribution in [2.75, 3.05) is 13.2 Å². The standard InChI is InChI=1S/C66H112O6/c1-4-7-10-13-16-18-20-22-23-24-25-26-27-28-29-30-31-32-33-34-35-36-37-38-39-40-41-42-43-45-46-48-50-53-56-59-65(68)71-62-63(61-70-64(67)58-55-52-15-12-9-6-3)72-66(69)60-57-54-51-49-47-44-21-19-17-14-11-8-5-2/h7,10,16,18-19,21-23,25-26,28-29,31-32,34-35,63H,4-6,8-9,11-15,17,20,24,27,30,33,36-62H2,1-3H3/b10-7-,18-16-,21-19-,23-22-,26-25-,29-28-,32-31-,35-34-. The van der Waals surface area contributed by atoms with Crippen molar-refractivity contribution in [2.45, 2.75) is 290 Å². The van der Waals surface area contributed by atoms with Crippen LogP contribution < -0.4 is 0 Å². The fourth-order valence-electron chi connectivity index (χ4n) is 8.30. The second kappa shape index (κ2) is 59.9. The molecule has 0 fully saturated rings. The highest BCUT2D eigenvalue weighted by atomic mass is 16.6. The Kier molecular flexibility index (Phi) is 56.8. The molecule has 0 aromatic rings. The molecule has 72 heavy (non-hydrogen) atoms. The van der Waals surface area contributed by atoms with Gasteiger partial charge in [-0.1, -0.05) is 259 Å². The highest BCUT2D eigenvalue weighted by Crippen LogP contribution is 2.15. The smallest absolute Gasteiger partial charge is 0.306 e. The Hall–Kier alpha value is -3.67. The number of rotatable bonds is 54. The molecular weight excluding hydrogens is 889 g/mol. The fourth-order valence-corrected chi connectivity index (χ4v) is 8.30. The lowest BCUT2D eigenvalue weighted by Crippen LogP contribution is -2.30. The molecule has 0 aliphatic carbocycles. The van der Waals surface area contributed by atoms with Gasteiger partial charge in [0.25, 0.3) is 0 Å². The van der Waals surface area contributed by atoms with Gasteiger partial charge in [0, 0.05) is 19.3 Å². The number of carbonyl (C=O) groups excluding carboxylic acids is 3. The third kappa shape index (κ3) is 57.2. The van der Waals surface area contributed by atoms with Crippen LogP contribution in [0.1, 0.15) is 284 Å². The van der Waals surface area contributed by atoms with E-state index in [2.05, 4.69) is 118 Å². The zero-order valence-corrected chi connectivity index (χ0v) is 47.2. The lowest BCUT2D eigenvalue weighted by molar-refractivity contribution is -0.167. The Bertz CT molecular complexity index is 1430. The number of carbonyl (C=O) groups is 3. The topological polar surface area (TPSA) is 78.9 Å². The number of allylic oxidation sites excluding steroid dienone is 16. The number of ether oxygens (including phenoxy) is 3. The molecule has 0 saturated heterocycles. The molecule has 6 nitrogen and oxygen atoms in total. The van der Waals surface area contributed by atoms with Gasteiger partial charge in [-0.25, -0.2) is 0 Å². The highest BCUT2D eigenvalue weighted by molar-refractivity contribution is 5.71. The summed E-state index contributed by atoms with van der Waals surface area (Å²) < 4.78 is 16.7. The highest BCUT2D eigenvalue weighted by Gasteiger charge is 2.19. The summed E-state index contributed by atoms with van der Waals surface area (Å²) in [6, 6.07) is 0. The van der Waals surface area contributed by atoms with Crippen LogP contribution in [0.4, 0.5) is 0 Å². The van der Waals surface area contributed by atoms with Gasteiger partial charge in [0.1, 0.15) is 13.2 Å². The minimum atomic E-state index is -0.776. The van der Waals surface area contributed by atoms with Crippen LogP contribution in [0, 0.1) is 0 Å². The van der Waals surface area contributed by atoms with E-state index in [1.165, 1.54) is 128 Å². The Morgan fingerprint density at radius 2 is 0.542 bits per heavy atom. The summed E-state index contributed by atoms with van der Waals surface area (Å²) in [6.07, 6.45) is 80.2. The Morgan fingerprint density at radius 3 is 0.875 bits per heavy atom. The summed E-state index contributed by atoms with van der Waals surface area (Å²) in [4.78, 5) is 37.8. The van der Waals surface area contributed by atoms with Gasteiger partial charge in [-0.15, -0.1) is 0 Å². The van der Waals surface area contributed by atoms with Gasteiger partial charge >= 0.3 is 17.9 Å². The zero-order chi connectivity index (χ0) is 52.2. The first-order valence-electron chi connectivity index (χ1n) is 30.2. The number of hydrogen-bond acceptors (Lipinski definition) is 6. The van der Waals surface area contributed by atoms with Gasteiger partial charge in [-0.05, 0) is 103 Å². The first kappa shape index (κ1) is 68.3. The fraction of sp³-hybridized carbons (Fsp3) is 0.712. The summed E-state index contributed by atoms with van der Waals surface area (Å²) in [5.74, 6) is -0.894. The van der Waals surface area contributed by atoms with Crippen LogP contribution in [0.25, 0.3) is 0 Å². The molecule has 0 rings (SSSR count). The monoisotopic (exact) mass is 1000 g/mol. The van der Waals surface area contributed by atoms with Crippen LogP contribution in [0.5, 0.6) is 0 Å². The van der Waals surface area contributed by atoms with Gasteiger partial charge in [-0.3, -0.25) is 14.4 Å². The molecule has 0 aromatic heterocycles. The second-order valence-electron chi connectivity index (χ2n) is 19.9. The summed E-state index contributed by atoms with van der Waals surface area (Å²) in [7, 11) is 0. The first-order chi connectivity index (χ1) is 35.5. The van der Waals surface area contributed by atoms with E-state index in [1.807, 2.05) is 0 Å². The molecule has 0 aliphatic heterocycles. The molecule has 0 aromatic carbocycles. The zero-order valence-electron chi connectivity index (χ0n) is 47.2. The molecule has 0 saturated carbocycles. The molecule has 6 heteroatoms. The largest absolute Gasteiger partial charge is 0.462 e. The van der Waals surface area contributed by atoms with Crippen molar-refractivity contribution in [3.63, 3.8) is 0 Å². The maximum atomic E-state index is 12.8. The molecule has 0 bridgehead atoms. The normalized spacial score (nSPS) is 12.8. The van der Waals surface area contributed by atoms with E-state index in [0.29, 0.717) is 19.3 Å². The molecule has 0 spiro atoms. The molecule has 0 N–H and O–H groups in total. The predicted octanol–water partition coefficient (Wildman–Crippen LogP) is 20.5. The number of unbranched alkanes of at least 4 members (excludes halogenated alkanes) is 27. The molecular formula is C66H112O6. The summed E-state index contributed by atoms with van der Waals surface area (Å²) in [5, 5.41) is 0. The maximum Gasteiger partial charge on any atom is 0.306 e. The third-order valence-corrected chi connectivity index (χ3v) is 12.8. The minimum Gasteiger partial charge on any atom is -0.462 e. The van der Waals surface area contributed by atoms with E-state index in [4.69, 9.17) is 14.2 Å². The average Bonchev–Trinajstić information content (AvgIpc) is 3.38. The van der Waals surface area contributed by atoms with E-state index in [0.717, 1.165) is 116 Å². The van der Waals surface area contributed by atoms with E-state index < -0.39 is 6.10 Å². The van der Waals surface area contributed by atoms with Crippen molar-refractivity contribution >= 4 is 17.9 Å². The van der Waals surface area contributed by atoms with Crippen molar-refractivity contribution < 1.29 is 28.6 Å². The van der Waals surface area contributed by atoms with Crippen LogP contribution in [0.2, 0.25) is 0 Å². The molecule has 0 radical (unpaired) electrons. The van der Waals surface area contributed by atoms with Crippen LogP contribution in [-0.4, -0.2) is 37.2 Å². The van der Waals surface area contributed by atoms with E-state index in [1.54, 1.807) is 0 Å². The second-order valence-corrected chi connectivity index (χ2v) is 19.9. The molecule has 1 unspecified atom stereocenters. The van der Waals surface area contributed by atoms with Gasteiger partial charge in [0.15, 0.2) is 6.10 Å². The number of hydrogen-bond donors (Lipinski definition) is 0. The Labute approximate surface area is 445 Å². The lowest BCUT2D eigenvalue weighted by atomic mass is 10.0. The summed E-state index contributed by atoms with van der Waals surface area (Å²) in [6.45, 7) is 6.45. The SMILES string of the molecule is CC/C=C\C/C=C\C/C=C\C/C=C\C/C=C\C/C=C\C/C=C\CCCCCCCCCCCCCCCC(=O)OCC(COC(=O)CCCCCCCC)OC(=O)CCCCCCC/C=C\CCCCCC. The predicted molar refractivity (Wildman–Crippen MR) is 311 cm³/mol. The summed E-state index contributed by atoms with van der Waals surface area (Å²) in [5.41, 5.74) is 0.